The van der Waals surface area contributed by atoms with E-state index in [1.54, 1.807) is 0 Å². The summed E-state index contributed by atoms with van der Waals surface area (Å²) < 4.78 is 1.39. The molecule has 0 fully saturated rings. The minimum absolute atomic E-state index is 0.159. The fourth-order valence-electron chi connectivity index (χ4n) is 2.34. The molecule has 0 unspecified atom stereocenters. The molecule has 0 amide bonds. The zero-order chi connectivity index (χ0) is 15.4. The Morgan fingerprint density at radius 3 is 2.43 bits per heavy atom. The van der Waals surface area contributed by atoms with Crippen molar-refractivity contribution in [1.82, 2.24) is 19.5 Å². The maximum Gasteiger partial charge on any atom is 0.352 e. The molecule has 2 aromatic rings. The predicted molar refractivity (Wildman–Crippen MR) is 75.5 cm³/mol. The van der Waals surface area contributed by atoms with Gasteiger partial charge in [-0.25, -0.2) is 14.8 Å². The van der Waals surface area contributed by atoms with E-state index in [1.165, 1.54) is 23.3 Å². The third kappa shape index (κ3) is 2.96. The molecule has 21 heavy (non-hydrogen) atoms. The third-order valence-corrected chi connectivity index (χ3v) is 3.19. The normalized spacial score (nSPS) is 10.6. The molecule has 0 atom stereocenters. The molecule has 7 heteroatoms. The van der Waals surface area contributed by atoms with Crippen molar-refractivity contribution in [3.63, 3.8) is 0 Å². The van der Waals surface area contributed by atoms with Gasteiger partial charge >= 0.3 is 11.7 Å². The third-order valence-electron chi connectivity index (χ3n) is 3.19. The Balaban J connectivity index is 2.76. The molecule has 0 saturated carbocycles. The van der Waals surface area contributed by atoms with Crippen molar-refractivity contribution in [3.8, 4) is 5.69 Å². The van der Waals surface area contributed by atoms with Crippen LogP contribution in [0.2, 0.25) is 0 Å². The Kier molecular flexibility index (Phi) is 4.42. The lowest BCUT2D eigenvalue weighted by molar-refractivity contribution is -0.136. The molecule has 0 bridgehead atoms. The molecule has 7 nitrogen and oxygen atoms in total. The second-order valence-electron chi connectivity index (χ2n) is 4.48. The van der Waals surface area contributed by atoms with Crippen molar-refractivity contribution in [2.45, 2.75) is 33.1 Å². The minimum Gasteiger partial charge on any atom is -0.481 e. The summed E-state index contributed by atoms with van der Waals surface area (Å²) in [6, 6.07) is 0. The zero-order valence-corrected chi connectivity index (χ0v) is 11.9. The summed E-state index contributed by atoms with van der Waals surface area (Å²) in [7, 11) is 0. The molecule has 0 aromatic carbocycles. The van der Waals surface area contributed by atoms with Crippen molar-refractivity contribution in [2.75, 3.05) is 0 Å². The number of aliphatic carboxylic acids is 1. The largest absolute Gasteiger partial charge is 0.481 e. The van der Waals surface area contributed by atoms with Crippen LogP contribution < -0.4 is 5.69 Å². The van der Waals surface area contributed by atoms with Crippen LogP contribution in [-0.2, 0) is 24.1 Å². The van der Waals surface area contributed by atoms with E-state index in [2.05, 4.69) is 15.0 Å². The van der Waals surface area contributed by atoms with Crippen molar-refractivity contribution in [3.05, 3.63) is 46.2 Å². The first kappa shape index (κ1) is 14.8. The first-order chi connectivity index (χ1) is 10.1. The summed E-state index contributed by atoms with van der Waals surface area (Å²) in [6.07, 6.45) is 5.25. The number of carbonyl (C=O) groups is 1. The fourth-order valence-corrected chi connectivity index (χ4v) is 2.34. The van der Waals surface area contributed by atoms with E-state index >= 15 is 0 Å². The molecule has 0 aliphatic rings. The van der Waals surface area contributed by atoms with Gasteiger partial charge in [-0.05, 0) is 12.8 Å². The van der Waals surface area contributed by atoms with E-state index in [4.69, 9.17) is 5.11 Å². The maximum absolute atomic E-state index is 12.3. The molecule has 1 N–H and O–H groups in total. The quantitative estimate of drug-likeness (QED) is 0.872. The van der Waals surface area contributed by atoms with Crippen LogP contribution in [0.15, 0.2) is 23.5 Å². The summed E-state index contributed by atoms with van der Waals surface area (Å²) in [5.41, 5.74) is 1.82. The molecule has 2 rings (SSSR count). The van der Waals surface area contributed by atoms with E-state index in [9.17, 15) is 9.59 Å². The topological polar surface area (TPSA) is 98.0 Å². The van der Waals surface area contributed by atoms with Gasteiger partial charge in [0.2, 0.25) is 0 Å². The molecule has 0 saturated heterocycles. The Morgan fingerprint density at radius 2 is 1.90 bits per heavy atom. The lowest BCUT2D eigenvalue weighted by Crippen LogP contribution is -2.29. The maximum atomic E-state index is 12.3. The number of aryl methyl sites for hydroxylation is 1. The highest BCUT2D eigenvalue weighted by Crippen LogP contribution is 2.16. The highest BCUT2D eigenvalue weighted by atomic mass is 16.4. The van der Waals surface area contributed by atoms with Gasteiger partial charge in [-0.3, -0.25) is 9.36 Å². The summed E-state index contributed by atoms with van der Waals surface area (Å²) in [4.78, 5) is 35.2. The van der Waals surface area contributed by atoms with Crippen LogP contribution in [0.25, 0.3) is 5.69 Å². The molecule has 2 aromatic heterocycles. The van der Waals surface area contributed by atoms with Gasteiger partial charge in [0.25, 0.3) is 0 Å². The number of hydrogen-bond donors (Lipinski definition) is 1. The summed E-state index contributed by atoms with van der Waals surface area (Å²) >= 11 is 0. The number of rotatable bonds is 5. The van der Waals surface area contributed by atoms with Crippen LogP contribution in [0.5, 0.6) is 0 Å². The van der Waals surface area contributed by atoms with Crippen LogP contribution in [0.3, 0.4) is 0 Å². The van der Waals surface area contributed by atoms with Gasteiger partial charge in [0.15, 0.2) is 0 Å². The molecular formula is C14H16N4O3. The van der Waals surface area contributed by atoms with E-state index in [-0.39, 0.29) is 6.42 Å². The molecule has 0 spiro atoms. The molecule has 0 aliphatic heterocycles. The summed E-state index contributed by atoms with van der Waals surface area (Å²) in [5.74, 6) is -0.948. The first-order valence-electron chi connectivity index (χ1n) is 6.69. The van der Waals surface area contributed by atoms with Crippen molar-refractivity contribution in [2.24, 2.45) is 0 Å². The van der Waals surface area contributed by atoms with Gasteiger partial charge in [-0.15, -0.1) is 0 Å². The summed E-state index contributed by atoms with van der Waals surface area (Å²) in [5, 5.41) is 9.10. The lowest BCUT2D eigenvalue weighted by Gasteiger charge is -2.16. The lowest BCUT2D eigenvalue weighted by atomic mass is 10.0. The van der Waals surface area contributed by atoms with E-state index < -0.39 is 11.7 Å². The van der Waals surface area contributed by atoms with Crippen LogP contribution >= 0.6 is 0 Å². The molecular weight excluding hydrogens is 272 g/mol. The molecule has 0 aliphatic carbocycles. The van der Waals surface area contributed by atoms with Crippen molar-refractivity contribution in [1.29, 1.82) is 0 Å². The van der Waals surface area contributed by atoms with Gasteiger partial charge in [-0.1, -0.05) is 13.8 Å². The predicted octanol–water partition coefficient (Wildman–Crippen LogP) is 0.774. The van der Waals surface area contributed by atoms with Crippen LogP contribution in [-0.4, -0.2) is 30.6 Å². The smallest absolute Gasteiger partial charge is 0.352 e. The second-order valence-corrected chi connectivity index (χ2v) is 4.48. The Labute approximate surface area is 121 Å². The Bertz CT molecular complexity index is 710. The van der Waals surface area contributed by atoms with Gasteiger partial charge in [0, 0.05) is 11.3 Å². The van der Waals surface area contributed by atoms with Crippen LogP contribution in [0, 0.1) is 0 Å². The molecule has 2 heterocycles. The first-order valence-corrected chi connectivity index (χ1v) is 6.69. The van der Waals surface area contributed by atoms with E-state index in [0.717, 1.165) is 0 Å². The number of carboxylic acids is 1. The van der Waals surface area contributed by atoms with Crippen LogP contribution in [0.4, 0.5) is 0 Å². The van der Waals surface area contributed by atoms with Crippen LogP contribution in [0.1, 0.15) is 30.8 Å². The Morgan fingerprint density at radius 1 is 1.24 bits per heavy atom. The Hall–Kier alpha value is -2.57. The number of hydrogen-bond acceptors (Lipinski definition) is 5. The zero-order valence-electron chi connectivity index (χ0n) is 11.9. The van der Waals surface area contributed by atoms with Gasteiger partial charge in [-0.2, -0.15) is 4.98 Å². The molecule has 110 valence electrons. The second kappa shape index (κ2) is 6.25. The summed E-state index contributed by atoms with van der Waals surface area (Å²) in [6.45, 7) is 3.72. The van der Waals surface area contributed by atoms with E-state index in [0.29, 0.717) is 35.5 Å². The van der Waals surface area contributed by atoms with Gasteiger partial charge in [0.05, 0.1) is 30.2 Å². The van der Waals surface area contributed by atoms with Crippen molar-refractivity contribution < 1.29 is 9.90 Å². The number of nitrogens with zero attached hydrogens (tertiary/aromatic N) is 4. The average molecular weight is 288 g/mol. The number of carboxylic acid groups (broad SMARTS) is 1. The molecule has 0 radical (unpaired) electrons. The highest BCUT2D eigenvalue weighted by molar-refractivity contribution is 5.71. The van der Waals surface area contributed by atoms with Gasteiger partial charge < -0.3 is 5.11 Å². The van der Waals surface area contributed by atoms with Crippen molar-refractivity contribution >= 4 is 5.97 Å². The average Bonchev–Trinajstić information content (AvgIpc) is 2.48. The minimum atomic E-state index is -0.948. The monoisotopic (exact) mass is 288 g/mol. The number of aromatic nitrogens is 4. The highest BCUT2D eigenvalue weighted by Gasteiger charge is 2.18. The fraction of sp³-hybridized carbons (Fsp3) is 0.357. The van der Waals surface area contributed by atoms with Gasteiger partial charge in [0.1, 0.15) is 6.33 Å². The van der Waals surface area contributed by atoms with E-state index in [1.807, 2.05) is 13.8 Å². The SMILES string of the molecule is CCc1nc(=O)n(-c2cncnc2)c(CC)c1CC(=O)O. The standard InChI is InChI=1S/C14H16N4O3/c1-3-11-10(5-13(19)20)12(4-2)18(14(21)17-11)9-6-15-8-16-7-9/h6-8H,3-5H2,1-2H3,(H,19,20).